The molecule has 1 aliphatic heterocycles. The molecule has 0 aromatic carbocycles. The maximum absolute atomic E-state index is 11.8. The highest BCUT2D eigenvalue weighted by Crippen LogP contribution is 2.28. The minimum atomic E-state index is -1.18. The molecule has 9 heteroatoms. The van der Waals surface area contributed by atoms with Crippen molar-refractivity contribution in [3.8, 4) is 0 Å². The van der Waals surface area contributed by atoms with E-state index in [4.69, 9.17) is 20.7 Å². The van der Waals surface area contributed by atoms with Crippen LogP contribution in [0.2, 0.25) is 0 Å². The molecule has 2 heterocycles. The number of carbonyl (C=O) groups is 1. The van der Waals surface area contributed by atoms with Crippen molar-refractivity contribution in [2.24, 2.45) is 0 Å². The van der Waals surface area contributed by atoms with Gasteiger partial charge in [0.05, 0.1) is 12.7 Å². The van der Waals surface area contributed by atoms with Crippen molar-refractivity contribution in [1.29, 1.82) is 0 Å². The summed E-state index contributed by atoms with van der Waals surface area (Å²) in [6, 6.07) is 0. The second-order valence-corrected chi connectivity index (χ2v) is 4.58. The van der Waals surface area contributed by atoms with E-state index in [1.165, 1.54) is 12.3 Å². The summed E-state index contributed by atoms with van der Waals surface area (Å²) in [4.78, 5) is 25.9. The van der Waals surface area contributed by atoms with Gasteiger partial charge in [0.15, 0.2) is 6.23 Å². The van der Waals surface area contributed by atoms with Gasteiger partial charge in [-0.1, -0.05) is 0 Å². The van der Waals surface area contributed by atoms with Gasteiger partial charge < -0.3 is 25.8 Å². The van der Waals surface area contributed by atoms with Crippen molar-refractivity contribution in [2.45, 2.75) is 24.9 Å². The normalized spacial score (nSPS) is 25.5. The van der Waals surface area contributed by atoms with Gasteiger partial charge in [-0.15, -0.1) is 0 Å². The first-order chi connectivity index (χ1) is 9.92. The highest BCUT2D eigenvalue weighted by molar-refractivity contribution is 5.86. The molecule has 2 rings (SSSR count). The number of rotatable bonds is 4. The summed E-state index contributed by atoms with van der Waals surface area (Å²) in [5.41, 5.74) is 5.03. The number of aromatic nitrogens is 2. The smallest absolute Gasteiger partial charge is 0.351 e. The summed E-state index contributed by atoms with van der Waals surface area (Å²) >= 11 is 0. The number of nitrogen functional groups attached to an aromatic ring is 1. The van der Waals surface area contributed by atoms with E-state index >= 15 is 0 Å². The molecule has 0 unspecified atom stereocenters. The second kappa shape index (κ2) is 6.04. The van der Waals surface area contributed by atoms with Crippen molar-refractivity contribution in [3.63, 3.8) is 0 Å². The molecule has 1 saturated heterocycles. The quantitative estimate of drug-likeness (QED) is 0.494. The molecular weight excluding hydrogens is 282 g/mol. The van der Waals surface area contributed by atoms with Gasteiger partial charge in [0.2, 0.25) is 0 Å². The number of aliphatic hydroxyl groups is 2. The van der Waals surface area contributed by atoms with Gasteiger partial charge in [-0.25, -0.2) is 9.59 Å². The van der Waals surface area contributed by atoms with Crippen LogP contribution >= 0.6 is 0 Å². The molecule has 0 amide bonds. The lowest BCUT2D eigenvalue weighted by Crippen LogP contribution is -2.32. The van der Waals surface area contributed by atoms with Crippen LogP contribution in [0.4, 0.5) is 5.82 Å². The Morgan fingerprint density at radius 2 is 2.33 bits per heavy atom. The maximum atomic E-state index is 11.8. The van der Waals surface area contributed by atoms with Gasteiger partial charge in [-0.05, 0) is 6.08 Å². The molecule has 1 aromatic rings. The van der Waals surface area contributed by atoms with Crippen LogP contribution in [0, 0.1) is 0 Å². The Kier molecular flexibility index (Phi) is 4.36. The maximum Gasteiger partial charge on any atom is 0.351 e. The van der Waals surface area contributed by atoms with Crippen LogP contribution in [0.15, 0.2) is 17.1 Å². The Morgan fingerprint density at radius 1 is 1.62 bits per heavy atom. The molecule has 1 aliphatic rings. The summed E-state index contributed by atoms with van der Waals surface area (Å²) in [7, 11) is 0. The standard InChI is InChI=1S/C12H15N3O6/c13-10-6(1-2-9(18)19)4-15(12(20)14-10)11-8(17)3-7(5-16)21-11/h1-2,4,7-8,11,16-17H,3,5H2,(H,18,19)(H2,13,14,20)/t7-,8+,11+/m0/s1. The third-order valence-corrected chi connectivity index (χ3v) is 3.06. The SMILES string of the molecule is Nc1nc(=O)n([C@@H]2O[C@H](CO)C[C@H]2O)cc1C=CC(=O)O. The summed E-state index contributed by atoms with van der Waals surface area (Å²) in [6.07, 6.45) is 0.917. The van der Waals surface area contributed by atoms with E-state index < -0.39 is 30.1 Å². The largest absolute Gasteiger partial charge is 0.478 e. The summed E-state index contributed by atoms with van der Waals surface area (Å²) in [5.74, 6) is -1.30. The molecule has 3 atom stereocenters. The number of carboxylic acids is 1. The minimum absolute atomic E-state index is 0.125. The molecule has 5 N–H and O–H groups in total. The Labute approximate surface area is 118 Å². The Hall–Kier alpha value is -2.23. The van der Waals surface area contributed by atoms with Crippen LogP contribution in [0.5, 0.6) is 0 Å². The van der Waals surface area contributed by atoms with E-state index in [1.54, 1.807) is 0 Å². The number of ether oxygens (including phenoxy) is 1. The Bertz CT molecular complexity index is 626. The van der Waals surface area contributed by atoms with Crippen LogP contribution in [0.3, 0.4) is 0 Å². The highest BCUT2D eigenvalue weighted by atomic mass is 16.5. The van der Waals surface area contributed by atoms with Crippen LogP contribution in [0.25, 0.3) is 6.08 Å². The zero-order chi connectivity index (χ0) is 15.6. The lowest BCUT2D eigenvalue weighted by molar-refractivity contribution is -0.131. The molecule has 1 aromatic heterocycles. The van der Waals surface area contributed by atoms with Crippen LogP contribution < -0.4 is 11.4 Å². The first-order valence-electron chi connectivity index (χ1n) is 6.16. The third-order valence-electron chi connectivity index (χ3n) is 3.06. The predicted molar refractivity (Wildman–Crippen MR) is 71.2 cm³/mol. The van der Waals surface area contributed by atoms with Crippen molar-refractivity contribution >= 4 is 17.9 Å². The van der Waals surface area contributed by atoms with Crippen molar-refractivity contribution in [1.82, 2.24) is 9.55 Å². The number of anilines is 1. The number of aliphatic hydroxyl groups excluding tert-OH is 2. The molecule has 114 valence electrons. The van der Waals surface area contributed by atoms with E-state index in [1.807, 2.05) is 0 Å². The van der Waals surface area contributed by atoms with E-state index in [0.29, 0.717) is 0 Å². The topological polar surface area (TPSA) is 148 Å². The second-order valence-electron chi connectivity index (χ2n) is 4.58. The molecule has 9 nitrogen and oxygen atoms in total. The summed E-state index contributed by atoms with van der Waals surface area (Å²) in [6.45, 7) is -0.281. The zero-order valence-corrected chi connectivity index (χ0v) is 10.9. The average Bonchev–Trinajstić information content (AvgIpc) is 2.79. The van der Waals surface area contributed by atoms with Crippen LogP contribution in [-0.2, 0) is 9.53 Å². The van der Waals surface area contributed by atoms with Gasteiger partial charge in [-0.2, -0.15) is 4.98 Å². The number of carboxylic acid groups (broad SMARTS) is 1. The van der Waals surface area contributed by atoms with Crippen molar-refractivity contribution in [2.75, 3.05) is 12.3 Å². The first kappa shape index (κ1) is 15.2. The number of hydrogen-bond acceptors (Lipinski definition) is 7. The van der Waals surface area contributed by atoms with Gasteiger partial charge >= 0.3 is 11.7 Å². The molecular formula is C12H15N3O6. The van der Waals surface area contributed by atoms with E-state index in [2.05, 4.69) is 4.98 Å². The van der Waals surface area contributed by atoms with Crippen molar-refractivity contribution in [3.05, 3.63) is 28.3 Å². The van der Waals surface area contributed by atoms with Gasteiger partial charge in [0.1, 0.15) is 11.9 Å². The lowest BCUT2D eigenvalue weighted by atomic mass is 10.2. The number of hydrogen-bond donors (Lipinski definition) is 4. The number of nitrogens with zero attached hydrogens (tertiary/aromatic N) is 2. The van der Waals surface area contributed by atoms with Gasteiger partial charge in [0, 0.05) is 24.3 Å². The molecule has 0 aliphatic carbocycles. The molecule has 0 radical (unpaired) electrons. The fraction of sp³-hybridized carbons (Fsp3) is 0.417. The molecule has 21 heavy (non-hydrogen) atoms. The minimum Gasteiger partial charge on any atom is -0.478 e. The van der Waals surface area contributed by atoms with Gasteiger partial charge in [-0.3, -0.25) is 4.57 Å². The Morgan fingerprint density at radius 3 is 2.90 bits per heavy atom. The summed E-state index contributed by atoms with van der Waals surface area (Å²) in [5, 5.41) is 27.5. The lowest BCUT2D eigenvalue weighted by Gasteiger charge is -2.18. The highest BCUT2D eigenvalue weighted by Gasteiger charge is 2.35. The molecule has 1 fully saturated rings. The van der Waals surface area contributed by atoms with E-state index in [0.717, 1.165) is 10.6 Å². The number of aliphatic carboxylic acids is 1. The molecule has 0 spiro atoms. The van der Waals surface area contributed by atoms with E-state index in [-0.39, 0.29) is 24.4 Å². The molecule has 0 saturated carbocycles. The monoisotopic (exact) mass is 297 g/mol. The van der Waals surface area contributed by atoms with E-state index in [9.17, 15) is 14.7 Å². The fourth-order valence-corrected chi connectivity index (χ4v) is 2.07. The summed E-state index contributed by atoms with van der Waals surface area (Å²) < 4.78 is 6.38. The van der Waals surface area contributed by atoms with Crippen LogP contribution in [0.1, 0.15) is 18.2 Å². The van der Waals surface area contributed by atoms with Gasteiger partial charge in [0.25, 0.3) is 0 Å². The predicted octanol–water partition coefficient (Wildman–Crippen LogP) is -1.44. The Balaban J connectivity index is 2.38. The zero-order valence-electron chi connectivity index (χ0n) is 10.9. The third kappa shape index (κ3) is 3.27. The average molecular weight is 297 g/mol. The van der Waals surface area contributed by atoms with Crippen LogP contribution in [-0.4, -0.2) is 49.7 Å². The number of nitrogens with two attached hydrogens (primary N) is 1. The van der Waals surface area contributed by atoms with Crippen molar-refractivity contribution < 1.29 is 24.9 Å². The molecule has 0 bridgehead atoms. The first-order valence-corrected chi connectivity index (χ1v) is 6.16. The fourth-order valence-electron chi connectivity index (χ4n) is 2.07.